The summed E-state index contributed by atoms with van der Waals surface area (Å²) in [7, 11) is 1.33. The lowest BCUT2D eigenvalue weighted by Crippen LogP contribution is -2.25. The molecule has 0 atom stereocenters. The number of rotatable bonds is 7. The molecule has 0 aliphatic heterocycles. The normalized spacial score (nSPS) is 13.1. The molecule has 1 aromatic carbocycles. The average molecular weight is 397 g/mol. The third-order valence-electron chi connectivity index (χ3n) is 5.07. The Balaban J connectivity index is 1.88. The van der Waals surface area contributed by atoms with Crippen molar-refractivity contribution in [2.24, 2.45) is 0 Å². The second kappa shape index (κ2) is 8.51. The molecule has 0 radical (unpaired) electrons. The summed E-state index contributed by atoms with van der Waals surface area (Å²) < 4.78 is 4.88. The maximum atomic E-state index is 13.0. The quantitative estimate of drug-likeness (QED) is 0.622. The van der Waals surface area contributed by atoms with E-state index in [0.717, 1.165) is 24.8 Å². The Hall–Kier alpha value is -3.09. The maximum absolute atomic E-state index is 13.0. The van der Waals surface area contributed by atoms with Gasteiger partial charge >= 0.3 is 5.97 Å². The van der Waals surface area contributed by atoms with Gasteiger partial charge in [-0.3, -0.25) is 9.59 Å². The fraction of sp³-hybridized carbons (Fsp3) is 0.409. The van der Waals surface area contributed by atoms with Crippen molar-refractivity contribution in [3.05, 3.63) is 51.8 Å². The summed E-state index contributed by atoms with van der Waals surface area (Å²) in [6, 6.07) is 5.50. The smallest absolute Gasteiger partial charge is 0.339 e. The van der Waals surface area contributed by atoms with Gasteiger partial charge in [0.25, 0.3) is 11.8 Å². The summed E-state index contributed by atoms with van der Waals surface area (Å²) in [5, 5.41) is 5.83. The minimum atomic E-state index is -0.462. The van der Waals surface area contributed by atoms with Gasteiger partial charge in [-0.1, -0.05) is 19.4 Å². The molecule has 1 aliphatic rings. The molecular formula is C22H27N3O4. The van der Waals surface area contributed by atoms with Crippen LogP contribution in [0.4, 0.5) is 5.69 Å². The van der Waals surface area contributed by atoms with Crippen molar-refractivity contribution in [2.45, 2.75) is 52.5 Å². The molecule has 1 heterocycles. The monoisotopic (exact) mass is 397 g/mol. The predicted molar refractivity (Wildman–Crippen MR) is 110 cm³/mol. The molecule has 3 N–H and O–H groups in total. The molecular weight excluding hydrogens is 370 g/mol. The van der Waals surface area contributed by atoms with Gasteiger partial charge in [0, 0.05) is 23.0 Å². The van der Waals surface area contributed by atoms with E-state index >= 15 is 0 Å². The van der Waals surface area contributed by atoms with Gasteiger partial charge in [0.2, 0.25) is 0 Å². The molecule has 1 fully saturated rings. The molecule has 7 nitrogen and oxygen atoms in total. The molecule has 0 bridgehead atoms. The van der Waals surface area contributed by atoms with Crippen LogP contribution in [-0.2, 0) is 11.2 Å². The van der Waals surface area contributed by atoms with E-state index in [1.807, 2.05) is 19.9 Å². The molecule has 154 valence electrons. The molecule has 2 amide bonds. The van der Waals surface area contributed by atoms with Gasteiger partial charge in [-0.05, 0) is 56.4 Å². The second-order valence-electron chi connectivity index (χ2n) is 7.45. The summed E-state index contributed by atoms with van der Waals surface area (Å²) in [4.78, 5) is 40.5. The molecule has 29 heavy (non-hydrogen) atoms. The number of H-pyrrole nitrogens is 1. The first kappa shape index (κ1) is 20.6. The van der Waals surface area contributed by atoms with E-state index in [4.69, 9.17) is 4.74 Å². The van der Waals surface area contributed by atoms with Gasteiger partial charge in [0.1, 0.15) is 5.69 Å². The molecule has 0 saturated heterocycles. The standard InChI is InChI=1S/C22H27N3O4/c1-5-6-16-18(22(28)29-4)13(3)23-19(16)21(27)25-17-11-14(8-7-12(17)2)20(26)24-15-9-10-15/h7-8,11,15,23H,5-6,9-10H2,1-4H3,(H,24,26)(H,25,27). The summed E-state index contributed by atoms with van der Waals surface area (Å²) >= 11 is 0. The van der Waals surface area contributed by atoms with E-state index in [-0.39, 0.29) is 17.9 Å². The highest BCUT2D eigenvalue weighted by atomic mass is 16.5. The first-order valence-corrected chi connectivity index (χ1v) is 9.88. The van der Waals surface area contributed by atoms with E-state index < -0.39 is 5.97 Å². The van der Waals surface area contributed by atoms with E-state index in [0.29, 0.717) is 40.2 Å². The molecule has 1 saturated carbocycles. The number of aromatic amines is 1. The van der Waals surface area contributed by atoms with Gasteiger partial charge in [-0.2, -0.15) is 0 Å². The van der Waals surface area contributed by atoms with Crippen LogP contribution in [0.25, 0.3) is 0 Å². The van der Waals surface area contributed by atoms with E-state index in [1.54, 1.807) is 19.1 Å². The number of carbonyl (C=O) groups excluding carboxylic acids is 3. The SMILES string of the molecule is CCCc1c(C(=O)Nc2cc(C(=O)NC3CC3)ccc2C)[nH]c(C)c1C(=O)OC. The Kier molecular flexibility index (Phi) is 6.06. The number of methoxy groups -OCH3 is 1. The maximum Gasteiger partial charge on any atom is 0.339 e. The van der Waals surface area contributed by atoms with Crippen molar-refractivity contribution in [3.8, 4) is 0 Å². The molecule has 0 unspecified atom stereocenters. The number of anilines is 1. The summed E-state index contributed by atoms with van der Waals surface area (Å²) in [6.07, 6.45) is 3.37. The fourth-order valence-electron chi connectivity index (χ4n) is 3.33. The minimum Gasteiger partial charge on any atom is -0.465 e. The Morgan fingerprint density at radius 2 is 1.90 bits per heavy atom. The number of amides is 2. The molecule has 7 heteroatoms. The van der Waals surface area contributed by atoms with Crippen LogP contribution in [0.1, 0.15) is 74.2 Å². The summed E-state index contributed by atoms with van der Waals surface area (Å²) in [5.74, 6) is -0.955. The largest absolute Gasteiger partial charge is 0.465 e. The van der Waals surface area contributed by atoms with Gasteiger partial charge in [-0.25, -0.2) is 4.79 Å². The van der Waals surface area contributed by atoms with Crippen LogP contribution in [0.2, 0.25) is 0 Å². The Morgan fingerprint density at radius 3 is 2.52 bits per heavy atom. The Bertz CT molecular complexity index is 957. The lowest BCUT2D eigenvalue weighted by atomic mass is 10.0. The number of hydrogen-bond acceptors (Lipinski definition) is 4. The Morgan fingerprint density at radius 1 is 1.17 bits per heavy atom. The van der Waals surface area contributed by atoms with Crippen molar-refractivity contribution in [1.29, 1.82) is 0 Å². The minimum absolute atomic E-state index is 0.140. The fourth-order valence-corrected chi connectivity index (χ4v) is 3.33. The Labute approximate surface area is 170 Å². The van der Waals surface area contributed by atoms with Gasteiger partial charge in [0.05, 0.1) is 12.7 Å². The van der Waals surface area contributed by atoms with Gasteiger partial charge < -0.3 is 20.4 Å². The number of aromatic nitrogens is 1. The predicted octanol–water partition coefficient (Wildman–Crippen LogP) is 3.52. The zero-order valence-corrected chi connectivity index (χ0v) is 17.3. The van der Waals surface area contributed by atoms with Gasteiger partial charge in [-0.15, -0.1) is 0 Å². The molecule has 1 aliphatic carbocycles. The number of benzene rings is 1. The zero-order valence-electron chi connectivity index (χ0n) is 17.3. The van der Waals surface area contributed by atoms with Crippen molar-refractivity contribution >= 4 is 23.5 Å². The number of nitrogens with one attached hydrogen (secondary N) is 3. The molecule has 3 rings (SSSR count). The molecule has 1 aromatic heterocycles. The third-order valence-corrected chi connectivity index (χ3v) is 5.07. The van der Waals surface area contributed by atoms with E-state index in [2.05, 4.69) is 15.6 Å². The first-order chi connectivity index (χ1) is 13.8. The summed E-state index contributed by atoms with van der Waals surface area (Å²) in [6.45, 7) is 5.60. The topological polar surface area (TPSA) is 100 Å². The number of hydrogen-bond donors (Lipinski definition) is 3. The van der Waals surface area contributed by atoms with Crippen LogP contribution < -0.4 is 10.6 Å². The lowest BCUT2D eigenvalue weighted by Gasteiger charge is -2.11. The highest BCUT2D eigenvalue weighted by molar-refractivity contribution is 6.08. The van der Waals surface area contributed by atoms with Crippen LogP contribution >= 0.6 is 0 Å². The highest BCUT2D eigenvalue weighted by Gasteiger charge is 2.26. The van der Waals surface area contributed by atoms with Crippen molar-refractivity contribution in [2.75, 3.05) is 12.4 Å². The van der Waals surface area contributed by atoms with Crippen LogP contribution in [0, 0.1) is 13.8 Å². The highest BCUT2D eigenvalue weighted by Crippen LogP contribution is 2.25. The molecule has 2 aromatic rings. The third kappa shape index (κ3) is 4.50. The number of aryl methyl sites for hydroxylation is 2. The number of ether oxygens (including phenoxy) is 1. The lowest BCUT2D eigenvalue weighted by molar-refractivity contribution is 0.0598. The average Bonchev–Trinajstić information content (AvgIpc) is 3.44. The van der Waals surface area contributed by atoms with Crippen molar-refractivity contribution < 1.29 is 19.1 Å². The van der Waals surface area contributed by atoms with Crippen LogP contribution in [0.15, 0.2) is 18.2 Å². The number of carbonyl (C=O) groups is 3. The van der Waals surface area contributed by atoms with E-state index in [1.165, 1.54) is 7.11 Å². The van der Waals surface area contributed by atoms with Crippen LogP contribution in [-0.4, -0.2) is 35.9 Å². The molecule has 0 spiro atoms. The van der Waals surface area contributed by atoms with Crippen molar-refractivity contribution in [1.82, 2.24) is 10.3 Å². The first-order valence-electron chi connectivity index (χ1n) is 9.88. The zero-order chi connectivity index (χ0) is 21.1. The second-order valence-corrected chi connectivity index (χ2v) is 7.45. The van der Waals surface area contributed by atoms with Crippen LogP contribution in [0.3, 0.4) is 0 Å². The number of esters is 1. The van der Waals surface area contributed by atoms with Gasteiger partial charge in [0.15, 0.2) is 0 Å². The van der Waals surface area contributed by atoms with Crippen LogP contribution in [0.5, 0.6) is 0 Å². The van der Waals surface area contributed by atoms with E-state index in [9.17, 15) is 14.4 Å². The summed E-state index contributed by atoms with van der Waals surface area (Å²) in [5.41, 5.74) is 3.91. The van der Waals surface area contributed by atoms with Crippen molar-refractivity contribution in [3.63, 3.8) is 0 Å².